The first-order chi connectivity index (χ1) is 31.2. The molecule has 1 saturated heterocycles. The van der Waals surface area contributed by atoms with Gasteiger partial charge in [-0.25, -0.2) is 4.79 Å². The molecule has 0 aromatic heterocycles. The second-order valence-electron chi connectivity index (χ2n) is 17.3. The topological polar surface area (TPSA) is 169 Å². The third-order valence-corrected chi connectivity index (χ3v) is 11.4. The number of carboxylic acid groups (broad SMARTS) is 1. The van der Waals surface area contributed by atoms with Gasteiger partial charge in [0.2, 0.25) is 0 Å². The van der Waals surface area contributed by atoms with Crippen LogP contribution in [0.15, 0.2) is 60.8 Å². The highest BCUT2D eigenvalue weighted by molar-refractivity contribution is 5.73. The lowest BCUT2D eigenvalue weighted by molar-refractivity contribution is -0.298. The summed E-state index contributed by atoms with van der Waals surface area (Å²) in [6, 6.07) is 0. The first-order valence-electron chi connectivity index (χ1n) is 25.3. The van der Waals surface area contributed by atoms with Crippen molar-refractivity contribution in [3.63, 3.8) is 0 Å². The average molecular weight is 903 g/mol. The monoisotopic (exact) mass is 903 g/mol. The molecule has 6 unspecified atom stereocenters. The van der Waals surface area contributed by atoms with E-state index in [1.165, 1.54) is 83.5 Å². The van der Waals surface area contributed by atoms with E-state index in [9.17, 15) is 34.8 Å². The summed E-state index contributed by atoms with van der Waals surface area (Å²) in [4.78, 5) is 37.0. The second-order valence-corrected chi connectivity index (χ2v) is 17.3. The molecule has 64 heavy (non-hydrogen) atoms. The molecule has 0 aromatic carbocycles. The standard InChI is InChI=1S/C53H90O11/c1-3-5-7-9-11-13-15-17-19-21-23-25-27-29-31-33-35-37-39-41-46(54)61-43-45(44-62-53-50(58)48(56)49(57)51(64-53)52(59)60)63-47(55)42-40-38-36-34-32-30-28-26-24-22-20-18-16-14-12-10-8-6-4-2/h5,7,11,13,17-20,23,25,45,48-51,53,56-58H,3-4,6,8-10,12,14-16,21-22,24,26-44H2,1-2H3,(H,59,60)/b7-5-,13-11-,19-17-,20-18-,25-23-. The van der Waals surface area contributed by atoms with Crippen LogP contribution in [0.5, 0.6) is 0 Å². The maximum absolute atomic E-state index is 12.8. The first kappa shape index (κ1) is 58.9. The predicted molar refractivity (Wildman–Crippen MR) is 257 cm³/mol. The molecular formula is C53H90O11. The van der Waals surface area contributed by atoms with Crippen LogP contribution in [0.25, 0.3) is 0 Å². The largest absolute Gasteiger partial charge is 0.479 e. The molecule has 1 aliphatic rings. The molecule has 0 aliphatic carbocycles. The van der Waals surface area contributed by atoms with Crippen molar-refractivity contribution < 1.29 is 53.8 Å². The van der Waals surface area contributed by atoms with E-state index in [0.717, 1.165) is 83.5 Å². The molecule has 6 atom stereocenters. The van der Waals surface area contributed by atoms with Crippen LogP contribution in [0.2, 0.25) is 0 Å². The van der Waals surface area contributed by atoms with Gasteiger partial charge in [0, 0.05) is 12.8 Å². The maximum atomic E-state index is 12.8. The quantitative estimate of drug-likeness (QED) is 0.0261. The Bertz CT molecular complexity index is 1290. The fourth-order valence-electron chi connectivity index (χ4n) is 7.39. The number of ether oxygens (including phenoxy) is 4. The molecule has 0 radical (unpaired) electrons. The summed E-state index contributed by atoms with van der Waals surface area (Å²) in [5, 5.41) is 39.9. The Morgan fingerprint density at radius 2 is 0.922 bits per heavy atom. The number of hydrogen-bond donors (Lipinski definition) is 4. The van der Waals surface area contributed by atoms with E-state index in [0.29, 0.717) is 12.8 Å². The number of allylic oxidation sites excluding steroid dienone is 10. The Hall–Kier alpha value is -3.09. The van der Waals surface area contributed by atoms with Gasteiger partial charge in [-0.2, -0.15) is 0 Å². The van der Waals surface area contributed by atoms with Gasteiger partial charge in [0.25, 0.3) is 0 Å². The fourth-order valence-corrected chi connectivity index (χ4v) is 7.39. The van der Waals surface area contributed by atoms with Crippen LogP contribution in [0.1, 0.15) is 206 Å². The first-order valence-corrected chi connectivity index (χ1v) is 25.3. The molecule has 0 amide bonds. The third kappa shape index (κ3) is 33.4. The lowest BCUT2D eigenvalue weighted by atomic mass is 9.99. The zero-order valence-electron chi connectivity index (χ0n) is 40.0. The average Bonchev–Trinajstić information content (AvgIpc) is 3.28. The summed E-state index contributed by atoms with van der Waals surface area (Å²) in [7, 11) is 0. The molecule has 1 rings (SSSR count). The van der Waals surface area contributed by atoms with Crippen LogP contribution in [0, 0.1) is 0 Å². The molecule has 0 bridgehead atoms. The molecule has 0 aromatic rings. The van der Waals surface area contributed by atoms with Crippen LogP contribution in [0.3, 0.4) is 0 Å². The van der Waals surface area contributed by atoms with Gasteiger partial charge in [-0.1, -0.05) is 177 Å². The van der Waals surface area contributed by atoms with Crippen LogP contribution in [-0.4, -0.2) is 88.4 Å². The summed E-state index contributed by atoms with van der Waals surface area (Å²) in [6.45, 7) is 3.70. The van der Waals surface area contributed by atoms with Gasteiger partial charge in [0.1, 0.15) is 24.9 Å². The van der Waals surface area contributed by atoms with E-state index in [-0.39, 0.29) is 19.4 Å². The lowest BCUT2D eigenvalue weighted by Crippen LogP contribution is -2.60. The van der Waals surface area contributed by atoms with Gasteiger partial charge in [-0.05, 0) is 77.0 Å². The Morgan fingerprint density at radius 3 is 1.41 bits per heavy atom. The minimum atomic E-state index is -1.87. The van der Waals surface area contributed by atoms with Crippen LogP contribution >= 0.6 is 0 Å². The summed E-state index contributed by atoms with van der Waals surface area (Å²) in [6.07, 6.45) is 44.0. The van der Waals surface area contributed by atoms with Gasteiger partial charge in [-0.3, -0.25) is 9.59 Å². The second kappa shape index (κ2) is 42.5. The van der Waals surface area contributed by atoms with Crippen molar-refractivity contribution in [1.29, 1.82) is 0 Å². The molecule has 1 heterocycles. The highest BCUT2D eigenvalue weighted by Gasteiger charge is 2.47. The molecule has 11 nitrogen and oxygen atoms in total. The van der Waals surface area contributed by atoms with Crippen molar-refractivity contribution in [1.82, 2.24) is 0 Å². The van der Waals surface area contributed by atoms with Crippen molar-refractivity contribution in [3.8, 4) is 0 Å². The molecule has 1 fully saturated rings. The van der Waals surface area contributed by atoms with Crippen LogP contribution in [0.4, 0.5) is 0 Å². The number of carbonyl (C=O) groups excluding carboxylic acids is 2. The number of aliphatic hydroxyl groups is 3. The summed E-state index contributed by atoms with van der Waals surface area (Å²) < 4.78 is 21.8. The van der Waals surface area contributed by atoms with Gasteiger partial charge in [0.05, 0.1) is 6.61 Å². The van der Waals surface area contributed by atoms with Gasteiger partial charge < -0.3 is 39.4 Å². The number of aliphatic carboxylic acids is 1. The molecular weight excluding hydrogens is 813 g/mol. The smallest absolute Gasteiger partial charge is 0.335 e. The fraction of sp³-hybridized carbons (Fsp3) is 0.755. The van der Waals surface area contributed by atoms with E-state index < -0.39 is 61.3 Å². The van der Waals surface area contributed by atoms with Gasteiger partial charge in [-0.15, -0.1) is 0 Å². The van der Waals surface area contributed by atoms with E-state index in [1.54, 1.807) is 0 Å². The van der Waals surface area contributed by atoms with Crippen molar-refractivity contribution in [2.45, 2.75) is 243 Å². The number of hydrogen-bond acceptors (Lipinski definition) is 10. The Balaban J connectivity index is 2.32. The van der Waals surface area contributed by atoms with E-state index in [1.807, 2.05) is 0 Å². The number of esters is 2. The van der Waals surface area contributed by atoms with Crippen molar-refractivity contribution >= 4 is 17.9 Å². The number of unbranched alkanes of at least 4 members (excludes halogenated alkanes) is 21. The summed E-state index contributed by atoms with van der Waals surface area (Å²) >= 11 is 0. The Kier molecular flexibility index (Phi) is 39.2. The minimum absolute atomic E-state index is 0.175. The summed E-state index contributed by atoms with van der Waals surface area (Å²) in [5.41, 5.74) is 0. The number of carbonyl (C=O) groups is 3. The predicted octanol–water partition coefficient (Wildman–Crippen LogP) is 11.9. The minimum Gasteiger partial charge on any atom is -0.479 e. The van der Waals surface area contributed by atoms with Gasteiger partial charge in [0.15, 0.2) is 18.5 Å². The summed E-state index contributed by atoms with van der Waals surface area (Å²) in [5.74, 6) is -2.46. The zero-order chi connectivity index (χ0) is 46.7. The molecule has 4 N–H and O–H groups in total. The molecule has 1 aliphatic heterocycles. The SMILES string of the molecule is CC/C=C\C/C=C\C/C=C\C/C=C\CCCCCCCCC(=O)OCC(COC1OC(C(=O)O)C(O)C(O)C1O)OC(=O)CCCCCCCCCCC/C=C\CCCCCCCC. The lowest BCUT2D eigenvalue weighted by Gasteiger charge is -2.38. The third-order valence-electron chi connectivity index (χ3n) is 11.4. The van der Waals surface area contributed by atoms with E-state index in [2.05, 4.69) is 74.6 Å². The van der Waals surface area contributed by atoms with Crippen LogP contribution in [-0.2, 0) is 33.3 Å². The van der Waals surface area contributed by atoms with Crippen molar-refractivity contribution in [2.75, 3.05) is 13.2 Å². The Labute approximate surface area is 387 Å². The Morgan fingerprint density at radius 1 is 0.500 bits per heavy atom. The van der Waals surface area contributed by atoms with E-state index in [4.69, 9.17) is 18.9 Å². The van der Waals surface area contributed by atoms with E-state index >= 15 is 0 Å². The van der Waals surface area contributed by atoms with Crippen molar-refractivity contribution in [3.05, 3.63) is 60.8 Å². The van der Waals surface area contributed by atoms with Crippen molar-refractivity contribution in [2.24, 2.45) is 0 Å². The maximum Gasteiger partial charge on any atom is 0.335 e. The normalized spacial score (nSPS) is 19.8. The highest BCUT2D eigenvalue weighted by atomic mass is 16.7. The van der Waals surface area contributed by atoms with Crippen LogP contribution < -0.4 is 0 Å². The molecule has 0 spiro atoms. The van der Waals surface area contributed by atoms with Gasteiger partial charge >= 0.3 is 17.9 Å². The number of carboxylic acids is 1. The number of rotatable bonds is 42. The highest BCUT2D eigenvalue weighted by Crippen LogP contribution is 2.23. The number of aliphatic hydroxyl groups excluding tert-OH is 3. The molecule has 0 saturated carbocycles. The molecule has 11 heteroatoms. The molecule has 368 valence electrons. The zero-order valence-corrected chi connectivity index (χ0v) is 40.0.